The third-order valence-electron chi connectivity index (χ3n) is 2.92. The molecule has 13 heavy (non-hydrogen) atoms. The standard InChI is InChI=1S/C9H16N2O2/c12-5-7-3-8(7)11-9(13)6-1-2-10-4-6/h6-8,10,12H,1-5H2,(H,11,13)/t6?,7-,8+/m0/s1. The van der Waals surface area contributed by atoms with Crippen LogP contribution in [-0.2, 0) is 4.79 Å². The van der Waals surface area contributed by atoms with Crippen molar-refractivity contribution in [2.75, 3.05) is 19.7 Å². The van der Waals surface area contributed by atoms with Gasteiger partial charge in [-0.25, -0.2) is 0 Å². The molecule has 1 saturated heterocycles. The van der Waals surface area contributed by atoms with Crippen LogP contribution in [0.3, 0.4) is 0 Å². The van der Waals surface area contributed by atoms with E-state index in [2.05, 4.69) is 10.6 Å². The van der Waals surface area contributed by atoms with Crippen molar-refractivity contribution in [3.05, 3.63) is 0 Å². The highest BCUT2D eigenvalue weighted by Crippen LogP contribution is 2.29. The first-order valence-corrected chi connectivity index (χ1v) is 4.93. The molecule has 3 N–H and O–H groups in total. The predicted molar refractivity (Wildman–Crippen MR) is 48.1 cm³/mol. The maximum absolute atomic E-state index is 11.5. The minimum absolute atomic E-state index is 0.153. The van der Waals surface area contributed by atoms with E-state index < -0.39 is 0 Å². The molecule has 0 aromatic carbocycles. The Morgan fingerprint density at radius 1 is 1.62 bits per heavy atom. The number of hydrogen-bond donors (Lipinski definition) is 3. The van der Waals surface area contributed by atoms with E-state index >= 15 is 0 Å². The van der Waals surface area contributed by atoms with Gasteiger partial charge in [-0.2, -0.15) is 0 Å². The topological polar surface area (TPSA) is 61.4 Å². The zero-order valence-corrected chi connectivity index (χ0v) is 7.62. The molecule has 1 saturated carbocycles. The minimum atomic E-state index is 0.153. The van der Waals surface area contributed by atoms with Crippen molar-refractivity contribution in [2.45, 2.75) is 18.9 Å². The highest BCUT2D eigenvalue weighted by atomic mass is 16.3. The second kappa shape index (κ2) is 3.64. The Kier molecular flexibility index (Phi) is 2.51. The minimum Gasteiger partial charge on any atom is -0.396 e. The van der Waals surface area contributed by atoms with Gasteiger partial charge in [0.15, 0.2) is 0 Å². The number of rotatable bonds is 3. The van der Waals surface area contributed by atoms with E-state index in [-0.39, 0.29) is 24.5 Å². The van der Waals surface area contributed by atoms with Gasteiger partial charge in [-0.05, 0) is 19.4 Å². The molecule has 74 valence electrons. The summed E-state index contributed by atoms with van der Waals surface area (Å²) in [6.45, 7) is 1.96. The first kappa shape index (κ1) is 8.97. The molecule has 1 aliphatic heterocycles. The van der Waals surface area contributed by atoms with Crippen LogP contribution < -0.4 is 10.6 Å². The van der Waals surface area contributed by atoms with Crippen molar-refractivity contribution in [3.8, 4) is 0 Å². The molecule has 0 radical (unpaired) electrons. The number of carbonyl (C=O) groups excluding carboxylic acids is 1. The summed E-state index contributed by atoms with van der Waals surface area (Å²) in [5.74, 6) is 0.629. The Morgan fingerprint density at radius 2 is 2.46 bits per heavy atom. The van der Waals surface area contributed by atoms with E-state index in [0.29, 0.717) is 5.92 Å². The highest BCUT2D eigenvalue weighted by molar-refractivity contribution is 5.79. The average molecular weight is 184 g/mol. The van der Waals surface area contributed by atoms with Crippen molar-refractivity contribution in [3.63, 3.8) is 0 Å². The van der Waals surface area contributed by atoms with Gasteiger partial charge in [0.2, 0.25) is 5.91 Å². The van der Waals surface area contributed by atoms with E-state index in [1.54, 1.807) is 0 Å². The first-order chi connectivity index (χ1) is 6.31. The van der Waals surface area contributed by atoms with Crippen LogP contribution in [0, 0.1) is 11.8 Å². The fourth-order valence-corrected chi connectivity index (χ4v) is 1.81. The fourth-order valence-electron chi connectivity index (χ4n) is 1.81. The molecular formula is C9H16N2O2. The Morgan fingerprint density at radius 3 is 3.00 bits per heavy atom. The van der Waals surface area contributed by atoms with E-state index in [1.165, 1.54) is 0 Å². The molecule has 0 aromatic rings. The number of carbonyl (C=O) groups is 1. The van der Waals surface area contributed by atoms with Crippen LogP contribution in [0.1, 0.15) is 12.8 Å². The van der Waals surface area contributed by atoms with Crippen molar-refractivity contribution in [2.24, 2.45) is 11.8 Å². The van der Waals surface area contributed by atoms with Gasteiger partial charge in [-0.3, -0.25) is 4.79 Å². The van der Waals surface area contributed by atoms with Crippen LogP contribution in [0.5, 0.6) is 0 Å². The lowest BCUT2D eigenvalue weighted by Crippen LogP contribution is -2.34. The molecule has 4 heteroatoms. The van der Waals surface area contributed by atoms with Gasteiger partial charge in [0, 0.05) is 25.1 Å². The van der Waals surface area contributed by atoms with Crippen molar-refractivity contribution >= 4 is 5.91 Å². The van der Waals surface area contributed by atoms with E-state index in [4.69, 9.17) is 5.11 Å². The fraction of sp³-hybridized carbons (Fsp3) is 0.889. The lowest BCUT2D eigenvalue weighted by atomic mass is 10.1. The molecule has 4 nitrogen and oxygen atoms in total. The quantitative estimate of drug-likeness (QED) is 0.532. The molecule has 0 bridgehead atoms. The molecule has 2 rings (SSSR count). The monoisotopic (exact) mass is 184 g/mol. The zero-order chi connectivity index (χ0) is 9.26. The summed E-state index contributed by atoms with van der Waals surface area (Å²) >= 11 is 0. The predicted octanol–water partition coefficient (Wildman–Crippen LogP) is -0.907. The van der Waals surface area contributed by atoms with Crippen molar-refractivity contribution in [1.82, 2.24) is 10.6 Å². The maximum Gasteiger partial charge on any atom is 0.224 e. The van der Waals surface area contributed by atoms with E-state index in [0.717, 1.165) is 25.9 Å². The van der Waals surface area contributed by atoms with Crippen molar-refractivity contribution < 1.29 is 9.90 Å². The average Bonchev–Trinajstić information content (AvgIpc) is 2.68. The maximum atomic E-state index is 11.5. The second-order valence-corrected chi connectivity index (χ2v) is 3.98. The summed E-state index contributed by atoms with van der Waals surface area (Å²) in [7, 11) is 0. The summed E-state index contributed by atoms with van der Waals surface area (Å²) in [6, 6.07) is 0.248. The SMILES string of the molecule is O=C(N[C@@H]1C[C@H]1CO)C1CCNC1. The van der Waals surface area contributed by atoms with Crippen LogP contribution in [0.25, 0.3) is 0 Å². The molecule has 0 spiro atoms. The summed E-state index contributed by atoms with van der Waals surface area (Å²) in [5.41, 5.74) is 0. The number of aliphatic hydroxyl groups is 1. The van der Waals surface area contributed by atoms with Gasteiger partial charge in [0.05, 0.1) is 5.92 Å². The lowest BCUT2D eigenvalue weighted by Gasteiger charge is -2.08. The molecule has 1 aliphatic carbocycles. The zero-order valence-electron chi connectivity index (χ0n) is 7.62. The molecule has 1 amide bonds. The van der Waals surface area contributed by atoms with E-state index in [9.17, 15) is 4.79 Å². The number of hydrogen-bond acceptors (Lipinski definition) is 3. The van der Waals surface area contributed by atoms with Crippen LogP contribution in [0.4, 0.5) is 0 Å². The first-order valence-electron chi connectivity index (χ1n) is 4.93. The van der Waals surface area contributed by atoms with Gasteiger partial charge in [-0.15, -0.1) is 0 Å². The lowest BCUT2D eigenvalue weighted by molar-refractivity contribution is -0.124. The third kappa shape index (κ3) is 2.00. The Hall–Kier alpha value is -0.610. The van der Waals surface area contributed by atoms with Gasteiger partial charge >= 0.3 is 0 Å². The molecule has 0 aromatic heterocycles. The molecule has 1 heterocycles. The second-order valence-electron chi connectivity index (χ2n) is 3.98. The third-order valence-corrected chi connectivity index (χ3v) is 2.92. The number of amides is 1. The van der Waals surface area contributed by atoms with Crippen LogP contribution in [0.15, 0.2) is 0 Å². The normalized spacial score (nSPS) is 37.5. The smallest absolute Gasteiger partial charge is 0.224 e. The molecular weight excluding hydrogens is 168 g/mol. The molecule has 3 atom stereocenters. The Balaban J connectivity index is 1.72. The Labute approximate surface area is 77.7 Å². The Bertz CT molecular complexity index is 202. The molecule has 1 unspecified atom stereocenters. The van der Waals surface area contributed by atoms with E-state index in [1.807, 2.05) is 0 Å². The van der Waals surface area contributed by atoms with Gasteiger partial charge < -0.3 is 15.7 Å². The van der Waals surface area contributed by atoms with Gasteiger partial charge in [-0.1, -0.05) is 0 Å². The summed E-state index contributed by atoms with van der Waals surface area (Å²) in [4.78, 5) is 11.5. The largest absolute Gasteiger partial charge is 0.396 e. The van der Waals surface area contributed by atoms with Crippen LogP contribution in [-0.4, -0.2) is 36.8 Å². The number of aliphatic hydroxyl groups excluding tert-OH is 1. The van der Waals surface area contributed by atoms with Crippen LogP contribution >= 0.6 is 0 Å². The summed E-state index contributed by atoms with van der Waals surface area (Å²) in [5, 5.41) is 14.9. The molecule has 2 aliphatic rings. The number of nitrogens with one attached hydrogen (secondary N) is 2. The van der Waals surface area contributed by atoms with Gasteiger partial charge in [0.25, 0.3) is 0 Å². The highest BCUT2D eigenvalue weighted by Gasteiger charge is 2.38. The summed E-state index contributed by atoms with van der Waals surface area (Å²) in [6.07, 6.45) is 1.89. The molecule has 2 fully saturated rings. The van der Waals surface area contributed by atoms with Gasteiger partial charge in [0.1, 0.15) is 0 Å². The summed E-state index contributed by atoms with van der Waals surface area (Å²) < 4.78 is 0. The van der Waals surface area contributed by atoms with Crippen molar-refractivity contribution in [1.29, 1.82) is 0 Å². The van der Waals surface area contributed by atoms with Crippen LogP contribution in [0.2, 0.25) is 0 Å².